The molecule has 1 atom stereocenters. The van der Waals surface area contributed by atoms with Gasteiger partial charge in [-0.1, -0.05) is 12.1 Å². The summed E-state index contributed by atoms with van der Waals surface area (Å²) in [4.78, 5) is 14.9. The van der Waals surface area contributed by atoms with E-state index in [0.717, 1.165) is 49.1 Å². The van der Waals surface area contributed by atoms with Crippen LogP contribution in [0.3, 0.4) is 0 Å². The number of likely N-dealkylation sites (tertiary alicyclic amines) is 1. The van der Waals surface area contributed by atoms with Crippen LogP contribution in [0.15, 0.2) is 42.5 Å². The Balaban J connectivity index is 1.37. The largest absolute Gasteiger partial charge is 0.497 e. The van der Waals surface area contributed by atoms with E-state index in [9.17, 15) is 4.79 Å². The Hall–Kier alpha value is -2.89. The lowest BCUT2D eigenvalue weighted by atomic mass is 9.91. The van der Waals surface area contributed by atoms with E-state index in [2.05, 4.69) is 27.5 Å². The third kappa shape index (κ3) is 3.94. The highest BCUT2D eigenvalue weighted by molar-refractivity contribution is 5.97. The van der Waals surface area contributed by atoms with Crippen molar-refractivity contribution in [2.24, 2.45) is 5.92 Å². The molecule has 0 spiro atoms. The zero-order valence-corrected chi connectivity index (χ0v) is 15.5. The third-order valence-electron chi connectivity index (χ3n) is 5.37. The highest BCUT2D eigenvalue weighted by Gasteiger charge is 2.24. The van der Waals surface area contributed by atoms with Gasteiger partial charge in [-0.3, -0.25) is 4.79 Å². The first-order valence-corrected chi connectivity index (χ1v) is 9.45. The average Bonchev–Trinajstić information content (AvgIpc) is 3.20. The van der Waals surface area contributed by atoms with Crippen LogP contribution in [-0.4, -0.2) is 46.4 Å². The number of H-pyrrole nitrogens is 1. The Morgan fingerprint density at radius 2 is 2.00 bits per heavy atom. The molecule has 2 aromatic carbocycles. The number of aromatic amines is 1. The lowest BCUT2D eigenvalue weighted by molar-refractivity contribution is 0.0668. The smallest absolute Gasteiger partial charge is 0.253 e. The molecular weight excluding hydrogens is 340 g/mol. The quantitative estimate of drug-likeness (QED) is 0.753. The van der Waals surface area contributed by atoms with Crippen molar-refractivity contribution in [3.63, 3.8) is 0 Å². The Labute approximate surface area is 158 Å². The molecule has 6 heteroatoms. The maximum absolute atomic E-state index is 12.9. The number of hydrogen-bond donors (Lipinski definition) is 1. The zero-order valence-electron chi connectivity index (χ0n) is 15.5. The first-order valence-electron chi connectivity index (χ1n) is 9.45. The first-order chi connectivity index (χ1) is 13.2. The van der Waals surface area contributed by atoms with Gasteiger partial charge in [0.05, 0.1) is 7.11 Å². The standard InChI is InChI=1S/C21H24N4O2/c1-27-18-9-6-15(7-10-18)4-5-16-3-2-12-25(14-16)21(26)17-8-11-19-20(13-17)23-24-22-19/h6-11,13,16H,2-5,12,14H2,1H3,(H,22,23,24)/t16-/m0/s1. The molecule has 0 bridgehead atoms. The summed E-state index contributed by atoms with van der Waals surface area (Å²) in [6, 6.07) is 13.8. The second kappa shape index (κ2) is 7.78. The highest BCUT2D eigenvalue weighted by Crippen LogP contribution is 2.24. The number of nitrogens with one attached hydrogen (secondary N) is 1. The van der Waals surface area contributed by atoms with E-state index in [1.165, 1.54) is 12.0 Å². The highest BCUT2D eigenvalue weighted by atomic mass is 16.5. The Morgan fingerprint density at radius 1 is 1.19 bits per heavy atom. The topological polar surface area (TPSA) is 71.1 Å². The number of piperidine rings is 1. The van der Waals surface area contributed by atoms with E-state index in [1.54, 1.807) is 7.11 Å². The van der Waals surface area contributed by atoms with Gasteiger partial charge in [0, 0.05) is 18.7 Å². The average molecular weight is 364 g/mol. The van der Waals surface area contributed by atoms with Gasteiger partial charge < -0.3 is 9.64 Å². The van der Waals surface area contributed by atoms with Crippen LogP contribution in [0.4, 0.5) is 0 Å². The Morgan fingerprint density at radius 3 is 2.81 bits per heavy atom. The van der Waals surface area contributed by atoms with Gasteiger partial charge in [0.2, 0.25) is 0 Å². The fourth-order valence-corrected chi connectivity index (χ4v) is 3.80. The van der Waals surface area contributed by atoms with Crippen LogP contribution in [0, 0.1) is 5.92 Å². The molecule has 0 unspecified atom stereocenters. The van der Waals surface area contributed by atoms with Gasteiger partial charge in [-0.05, 0) is 67.5 Å². The van der Waals surface area contributed by atoms with Crippen LogP contribution in [0.2, 0.25) is 0 Å². The molecule has 1 aromatic heterocycles. The molecule has 140 valence electrons. The summed E-state index contributed by atoms with van der Waals surface area (Å²) >= 11 is 0. The van der Waals surface area contributed by atoms with Crippen LogP contribution in [-0.2, 0) is 6.42 Å². The van der Waals surface area contributed by atoms with E-state index in [1.807, 2.05) is 35.2 Å². The minimum absolute atomic E-state index is 0.0917. The second-order valence-corrected chi connectivity index (χ2v) is 7.17. The lowest BCUT2D eigenvalue weighted by Gasteiger charge is -2.33. The predicted molar refractivity (Wildman–Crippen MR) is 104 cm³/mol. The number of carbonyl (C=O) groups is 1. The minimum Gasteiger partial charge on any atom is -0.497 e. The molecule has 1 aliphatic heterocycles. The number of carbonyl (C=O) groups excluding carboxylic acids is 1. The van der Waals surface area contributed by atoms with Gasteiger partial charge in [0.1, 0.15) is 16.8 Å². The van der Waals surface area contributed by atoms with Gasteiger partial charge in [-0.15, -0.1) is 0 Å². The number of methoxy groups -OCH3 is 1. The van der Waals surface area contributed by atoms with Crippen LogP contribution in [0.5, 0.6) is 5.75 Å². The molecule has 4 rings (SSSR count). The summed E-state index contributed by atoms with van der Waals surface area (Å²) in [5.74, 6) is 1.52. The second-order valence-electron chi connectivity index (χ2n) is 7.17. The van der Waals surface area contributed by atoms with Crippen molar-refractivity contribution in [3.8, 4) is 5.75 Å². The fraction of sp³-hybridized carbons (Fsp3) is 0.381. The molecule has 0 saturated carbocycles. The molecule has 1 amide bonds. The molecule has 1 aliphatic rings. The van der Waals surface area contributed by atoms with E-state index in [4.69, 9.17) is 4.74 Å². The lowest BCUT2D eigenvalue weighted by Crippen LogP contribution is -2.40. The zero-order chi connectivity index (χ0) is 18.6. The molecular formula is C21H24N4O2. The summed E-state index contributed by atoms with van der Waals surface area (Å²) in [6.45, 7) is 1.65. The number of ether oxygens (including phenoxy) is 1. The number of fused-ring (bicyclic) bond motifs is 1. The predicted octanol–water partition coefficient (Wildman–Crippen LogP) is 3.45. The number of aromatic nitrogens is 3. The van der Waals surface area contributed by atoms with Crippen molar-refractivity contribution in [2.45, 2.75) is 25.7 Å². The molecule has 1 saturated heterocycles. The number of rotatable bonds is 5. The fourth-order valence-electron chi connectivity index (χ4n) is 3.80. The van der Waals surface area contributed by atoms with Crippen molar-refractivity contribution in [1.82, 2.24) is 20.3 Å². The van der Waals surface area contributed by atoms with E-state index in [-0.39, 0.29) is 5.91 Å². The van der Waals surface area contributed by atoms with Gasteiger partial charge in [0.15, 0.2) is 0 Å². The summed E-state index contributed by atoms with van der Waals surface area (Å²) in [5.41, 5.74) is 3.51. The van der Waals surface area contributed by atoms with Crippen LogP contribution >= 0.6 is 0 Å². The van der Waals surface area contributed by atoms with Gasteiger partial charge in [0.25, 0.3) is 5.91 Å². The number of nitrogens with zero attached hydrogens (tertiary/aromatic N) is 3. The van der Waals surface area contributed by atoms with Crippen molar-refractivity contribution in [3.05, 3.63) is 53.6 Å². The molecule has 0 radical (unpaired) electrons. The van der Waals surface area contributed by atoms with E-state index in [0.29, 0.717) is 11.5 Å². The minimum atomic E-state index is 0.0917. The van der Waals surface area contributed by atoms with Crippen LogP contribution < -0.4 is 4.74 Å². The summed E-state index contributed by atoms with van der Waals surface area (Å²) in [6.07, 6.45) is 4.37. The van der Waals surface area contributed by atoms with E-state index < -0.39 is 0 Å². The van der Waals surface area contributed by atoms with Gasteiger partial charge >= 0.3 is 0 Å². The maximum atomic E-state index is 12.9. The SMILES string of the molecule is COc1ccc(CC[C@@H]2CCCN(C(=O)c3ccc4n[nH]nc4c3)C2)cc1. The van der Waals surface area contributed by atoms with Crippen molar-refractivity contribution in [1.29, 1.82) is 0 Å². The number of hydrogen-bond acceptors (Lipinski definition) is 4. The summed E-state index contributed by atoms with van der Waals surface area (Å²) in [5, 5.41) is 10.7. The molecule has 3 aromatic rings. The molecule has 1 N–H and O–H groups in total. The van der Waals surface area contributed by atoms with Gasteiger partial charge in [-0.25, -0.2) is 0 Å². The number of amides is 1. The van der Waals surface area contributed by atoms with E-state index >= 15 is 0 Å². The van der Waals surface area contributed by atoms with Gasteiger partial charge in [-0.2, -0.15) is 15.4 Å². The normalized spacial score (nSPS) is 17.2. The number of aryl methyl sites for hydroxylation is 1. The third-order valence-corrected chi connectivity index (χ3v) is 5.37. The Kier molecular flexibility index (Phi) is 5.05. The maximum Gasteiger partial charge on any atom is 0.253 e. The van der Waals surface area contributed by atoms with Crippen LogP contribution in [0.25, 0.3) is 11.0 Å². The van der Waals surface area contributed by atoms with Crippen LogP contribution in [0.1, 0.15) is 35.2 Å². The molecule has 1 fully saturated rings. The van der Waals surface area contributed by atoms with Crippen molar-refractivity contribution < 1.29 is 9.53 Å². The Bertz CT molecular complexity index is 919. The molecule has 0 aliphatic carbocycles. The van der Waals surface area contributed by atoms with Crippen molar-refractivity contribution in [2.75, 3.05) is 20.2 Å². The molecule has 2 heterocycles. The first kappa shape index (κ1) is 17.5. The van der Waals surface area contributed by atoms with Crippen molar-refractivity contribution >= 4 is 16.9 Å². The monoisotopic (exact) mass is 364 g/mol. The molecule has 27 heavy (non-hydrogen) atoms. The summed E-state index contributed by atoms with van der Waals surface area (Å²) < 4.78 is 5.21. The number of benzene rings is 2. The summed E-state index contributed by atoms with van der Waals surface area (Å²) in [7, 11) is 1.68. The molecule has 6 nitrogen and oxygen atoms in total.